The molecule has 0 fully saturated rings. The molecule has 0 saturated heterocycles. The van der Waals surface area contributed by atoms with E-state index in [1.165, 1.54) is 0 Å². The molecule has 257 valence electrons. The van der Waals surface area contributed by atoms with Crippen molar-refractivity contribution >= 4 is 110 Å². The van der Waals surface area contributed by atoms with E-state index in [1.54, 1.807) is 0 Å². The Morgan fingerprint density at radius 3 is 1.51 bits per heavy atom. The standard InChI is InChI=1S/C44H26Br4N4.Mn/c45-34-12-4-1-9-31(34)41-38-22-21-29(51-38)24-28-18-17-26(49-28)23-27-19-20-30(50-27)25-40-42(32-10-2-5-13-35(32)46)43(33-11-3-6-14-36(33)47)44(41)52(40)39-16-8-7-15-37(39)48;/h1-25,49H;. The molecule has 0 amide bonds. The molecule has 3 aromatic heterocycles. The number of nitrogens with one attached hydrogen (secondary N) is 1. The molecule has 0 aliphatic carbocycles. The van der Waals surface area contributed by atoms with Crippen molar-refractivity contribution < 1.29 is 17.1 Å². The summed E-state index contributed by atoms with van der Waals surface area (Å²) in [6.45, 7) is 0. The SMILES string of the molecule is Brc1ccccc1-c1c(-c2ccccc2Br)c2c(-c3ccccc3Br)c3nc(cc4ccc(cc5nc(cc1n2-c1ccccc1Br)C=C5)[nH]4)C=C3.[Mn]. The molecule has 0 saturated carbocycles. The van der Waals surface area contributed by atoms with Crippen molar-refractivity contribution in [3.8, 4) is 39.1 Å². The van der Waals surface area contributed by atoms with E-state index in [0.29, 0.717) is 0 Å². The van der Waals surface area contributed by atoms with Crippen molar-refractivity contribution in [2.24, 2.45) is 0 Å². The molecule has 8 bridgehead atoms. The number of para-hydroxylation sites is 1. The van der Waals surface area contributed by atoms with Crippen LogP contribution >= 0.6 is 63.7 Å². The van der Waals surface area contributed by atoms with Crippen molar-refractivity contribution in [3.63, 3.8) is 0 Å². The normalized spacial score (nSPS) is 11.8. The summed E-state index contributed by atoms with van der Waals surface area (Å²) in [5, 5.41) is 0. The summed E-state index contributed by atoms with van der Waals surface area (Å²) in [7, 11) is 0. The molecule has 2 aliphatic rings. The van der Waals surface area contributed by atoms with Crippen LogP contribution in [0.4, 0.5) is 0 Å². The zero-order valence-electron chi connectivity index (χ0n) is 27.7. The monoisotopic (exact) mass is 981 g/mol. The van der Waals surface area contributed by atoms with Gasteiger partial charge < -0.3 is 9.55 Å². The molecule has 5 heterocycles. The smallest absolute Gasteiger partial charge is 0.0737 e. The third kappa shape index (κ3) is 6.69. The molecule has 0 atom stereocenters. The quantitative estimate of drug-likeness (QED) is 0.179. The van der Waals surface area contributed by atoms with Crippen LogP contribution in [0.5, 0.6) is 0 Å². The first-order valence-electron chi connectivity index (χ1n) is 16.6. The third-order valence-corrected chi connectivity index (χ3v) is 11.9. The Bertz CT molecular complexity index is 2820. The van der Waals surface area contributed by atoms with E-state index in [4.69, 9.17) is 9.97 Å². The van der Waals surface area contributed by atoms with Gasteiger partial charge in [-0.15, -0.1) is 0 Å². The summed E-state index contributed by atoms with van der Waals surface area (Å²) in [6, 6.07) is 44.2. The zero-order valence-corrected chi connectivity index (χ0v) is 35.2. The molecular weight excluding hydrogens is 959 g/mol. The van der Waals surface area contributed by atoms with Gasteiger partial charge in [0, 0.05) is 68.2 Å². The third-order valence-electron chi connectivity index (χ3n) is 9.19. The maximum Gasteiger partial charge on any atom is 0.0737 e. The minimum Gasteiger partial charge on any atom is -0.355 e. The van der Waals surface area contributed by atoms with Crippen LogP contribution in [0.1, 0.15) is 22.8 Å². The van der Waals surface area contributed by atoms with Gasteiger partial charge in [-0.05, 0) is 112 Å². The van der Waals surface area contributed by atoms with Crippen LogP contribution in [0.3, 0.4) is 0 Å². The summed E-state index contributed by atoms with van der Waals surface area (Å²) in [5.41, 5.74) is 14.5. The second kappa shape index (κ2) is 15.0. The van der Waals surface area contributed by atoms with Gasteiger partial charge in [-0.2, -0.15) is 0 Å². The fourth-order valence-electron chi connectivity index (χ4n) is 6.97. The van der Waals surface area contributed by atoms with Gasteiger partial charge >= 0.3 is 0 Å². The number of halogens is 4. The largest absolute Gasteiger partial charge is 0.355 e. The Morgan fingerprint density at radius 1 is 0.453 bits per heavy atom. The average molecular weight is 985 g/mol. The van der Waals surface area contributed by atoms with E-state index >= 15 is 0 Å². The first kappa shape index (κ1) is 35.9. The van der Waals surface area contributed by atoms with E-state index in [0.717, 1.165) is 102 Å². The minimum atomic E-state index is 0. The van der Waals surface area contributed by atoms with E-state index in [-0.39, 0.29) is 17.1 Å². The van der Waals surface area contributed by atoms with Gasteiger partial charge in [-0.1, -0.05) is 115 Å². The van der Waals surface area contributed by atoms with Crippen LogP contribution in [0.2, 0.25) is 0 Å². The average Bonchev–Trinajstić information content (AvgIpc) is 3.95. The predicted molar refractivity (Wildman–Crippen MR) is 231 cm³/mol. The molecule has 2 aliphatic heterocycles. The first-order chi connectivity index (χ1) is 25.4. The fraction of sp³-hybridized carbons (Fsp3) is 0. The second-order valence-corrected chi connectivity index (χ2v) is 15.9. The van der Waals surface area contributed by atoms with Gasteiger partial charge in [-0.25, -0.2) is 9.97 Å². The van der Waals surface area contributed by atoms with Crippen LogP contribution in [-0.4, -0.2) is 19.5 Å². The summed E-state index contributed by atoms with van der Waals surface area (Å²) in [5.74, 6) is 0. The first-order valence-corrected chi connectivity index (χ1v) is 19.8. The number of nitrogens with zero attached hydrogens (tertiary/aromatic N) is 3. The fourth-order valence-corrected chi connectivity index (χ4v) is 8.88. The van der Waals surface area contributed by atoms with E-state index < -0.39 is 0 Å². The summed E-state index contributed by atoms with van der Waals surface area (Å²) < 4.78 is 6.26. The van der Waals surface area contributed by atoms with Crippen LogP contribution in [0, 0.1) is 0 Å². The molecular formula is C44H26Br4MnN4. The van der Waals surface area contributed by atoms with Crippen molar-refractivity contribution in [2.75, 3.05) is 0 Å². The van der Waals surface area contributed by atoms with E-state index in [9.17, 15) is 0 Å². The van der Waals surface area contributed by atoms with Crippen LogP contribution in [-0.2, 0) is 17.1 Å². The van der Waals surface area contributed by atoms with Crippen molar-refractivity contribution in [3.05, 3.63) is 168 Å². The number of aromatic nitrogens is 4. The number of fused-ring (bicyclic) bond motifs is 8. The number of benzene rings is 4. The van der Waals surface area contributed by atoms with Gasteiger partial charge in [0.25, 0.3) is 0 Å². The molecule has 7 aromatic rings. The van der Waals surface area contributed by atoms with Crippen LogP contribution in [0.15, 0.2) is 145 Å². The van der Waals surface area contributed by atoms with Crippen LogP contribution in [0.25, 0.3) is 85.4 Å². The van der Waals surface area contributed by atoms with Crippen molar-refractivity contribution in [1.29, 1.82) is 0 Å². The number of H-pyrrole nitrogens is 1. The molecule has 9 rings (SSSR count). The molecule has 1 radical (unpaired) electrons. The molecule has 0 unspecified atom stereocenters. The Labute approximate surface area is 350 Å². The van der Waals surface area contributed by atoms with Gasteiger partial charge in [0.2, 0.25) is 0 Å². The second-order valence-electron chi connectivity index (χ2n) is 12.4. The predicted octanol–water partition coefficient (Wildman–Crippen LogP) is 14.2. The topological polar surface area (TPSA) is 46.5 Å². The molecule has 0 spiro atoms. The Morgan fingerprint density at radius 2 is 0.925 bits per heavy atom. The summed E-state index contributed by atoms with van der Waals surface area (Å²) in [6.07, 6.45) is 8.37. The van der Waals surface area contributed by atoms with Crippen molar-refractivity contribution in [2.45, 2.75) is 0 Å². The molecule has 53 heavy (non-hydrogen) atoms. The van der Waals surface area contributed by atoms with E-state index in [1.807, 2.05) is 12.1 Å². The van der Waals surface area contributed by atoms with Crippen molar-refractivity contribution in [1.82, 2.24) is 19.5 Å². The zero-order chi connectivity index (χ0) is 35.3. The molecule has 4 nitrogen and oxygen atoms in total. The summed E-state index contributed by atoms with van der Waals surface area (Å²) in [4.78, 5) is 14.0. The van der Waals surface area contributed by atoms with Gasteiger partial charge in [-0.3, -0.25) is 0 Å². The maximum atomic E-state index is 5.34. The van der Waals surface area contributed by atoms with Gasteiger partial charge in [0.15, 0.2) is 0 Å². The number of hydrogen-bond donors (Lipinski definition) is 1. The molecule has 9 heteroatoms. The van der Waals surface area contributed by atoms with E-state index in [2.05, 4.69) is 213 Å². The molecule has 4 aromatic carbocycles. The maximum absolute atomic E-state index is 5.34. The Kier molecular flexibility index (Phi) is 10.2. The minimum absolute atomic E-state index is 0. The number of hydrogen-bond acceptors (Lipinski definition) is 2. The number of aromatic amines is 1. The molecule has 1 N–H and O–H groups in total. The van der Waals surface area contributed by atoms with Gasteiger partial charge in [0.1, 0.15) is 0 Å². The Balaban J connectivity index is 0.00000400. The Hall–Kier alpha value is -4.08. The number of rotatable bonds is 4. The van der Waals surface area contributed by atoms with Gasteiger partial charge in [0.05, 0.1) is 39.5 Å². The summed E-state index contributed by atoms with van der Waals surface area (Å²) >= 11 is 15.9. The van der Waals surface area contributed by atoms with Crippen LogP contribution < -0.4 is 0 Å².